The molecule has 21 heavy (non-hydrogen) atoms. The Labute approximate surface area is 127 Å². The highest BCUT2D eigenvalue weighted by Crippen LogP contribution is 2.26. The third-order valence-electron chi connectivity index (χ3n) is 3.20. The summed E-state index contributed by atoms with van der Waals surface area (Å²) in [5.41, 5.74) is 2.33. The lowest BCUT2D eigenvalue weighted by atomic mass is 9.77. The quantitative estimate of drug-likeness (QED) is 0.435. The zero-order chi connectivity index (χ0) is 14.7. The molecule has 3 aromatic rings. The summed E-state index contributed by atoms with van der Waals surface area (Å²) < 4.78 is 0. The molecule has 2 N–H and O–H groups in total. The lowest BCUT2D eigenvalue weighted by Gasteiger charge is -2.09. The van der Waals surface area contributed by atoms with Crippen LogP contribution in [0.2, 0.25) is 0 Å². The van der Waals surface area contributed by atoms with Crippen LogP contribution in [0.4, 0.5) is 0 Å². The maximum Gasteiger partial charge on any atom is 0.488 e. The van der Waals surface area contributed by atoms with Crippen LogP contribution in [0.1, 0.15) is 5.56 Å². The molecule has 1 aromatic heterocycles. The van der Waals surface area contributed by atoms with Crippen molar-refractivity contribution in [1.29, 1.82) is 0 Å². The average Bonchev–Trinajstić information content (AvgIpc) is 2.53. The lowest BCUT2D eigenvalue weighted by molar-refractivity contribution is 0.425. The van der Waals surface area contributed by atoms with Crippen molar-refractivity contribution >= 4 is 35.2 Å². The van der Waals surface area contributed by atoms with Gasteiger partial charge in [0, 0.05) is 11.1 Å². The zero-order valence-electron chi connectivity index (χ0n) is 11.2. The molecular weight excluding hydrogens is 283 g/mol. The number of nitrogens with zero attached hydrogens (tertiary/aromatic N) is 2. The van der Waals surface area contributed by atoms with Gasteiger partial charge in [0.15, 0.2) is 0 Å². The average molecular weight is 296 g/mol. The first-order chi connectivity index (χ1) is 10.3. The summed E-state index contributed by atoms with van der Waals surface area (Å²) in [6.45, 7) is 0. The summed E-state index contributed by atoms with van der Waals surface area (Å²) in [5.74, 6) is 0.620. The molecule has 3 rings (SSSR count). The predicted octanol–water partition coefficient (Wildman–Crippen LogP) is 1.60. The van der Waals surface area contributed by atoms with Crippen LogP contribution in [0.25, 0.3) is 10.9 Å². The van der Waals surface area contributed by atoms with Gasteiger partial charge in [0.1, 0.15) is 11.4 Å². The molecule has 1 heterocycles. The van der Waals surface area contributed by atoms with E-state index in [9.17, 15) is 10.0 Å². The molecular formula is C15H13BN2O2S. The van der Waals surface area contributed by atoms with Gasteiger partial charge >= 0.3 is 7.12 Å². The number of aromatic nitrogens is 2. The summed E-state index contributed by atoms with van der Waals surface area (Å²) in [4.78, 5) is 8.56. The van der Waals surface area contributed by atoms with Gasteiger partial charge < -0.3 is 10.0 Å². The highest BCUT2D eigenvalue weighted by atomic mass is 32.2. The van der Waals surface area contributed by atoms with Gasteiger partial charge in [0.25, 0.3) is 0 Å². The molecule has 0 saturated heterocycles. The number of benzene rings is 2. The van der Waals surface area contributed by atoms with Gasteiger partial charge in [-0.1, -0.05) is 42.5 Å². The topological polar surface area (TPSA) is 66.2 Å². The molecule has 4 nitrogen and oxygen atoms in total. The number of thioether (sulfide) groups is 1. The first-order valence-electron chi connectivity index (χ1n) is 6.52. The van der Waals surface area contributed by atoms with Crippen molar-refractivity contribution in [1.82, 2.24) is 9.97 Å². The Morgan fingerprint density at radius 2 is 1.71 bits per heavy atom. The van der Waals surface area contributed by atoms with Gasteiger partial charge in [-0.25, -0.2) is 9.97 Å². The summed E-state index contributed by atoms with van der Waals surface area (Å²) in [6.07, 6.45) is 1.55. The van der Waals surface area contributed by atoms with Crippen LogP contribution < -0.4 is 5.46 Å². The second kappa shape index (κ2) is 6.26. The second-order valence-corrected chi connectivity index (χ2v) is 5.52. The Hall–Kier alpha value is -1.89. The molecule has 0 bridgehead atoms. The molecule has 0 radical (unpaired) electrons. The van der Waals surface area contributed by atoms with E-state index >= 15 is 0 Å². The van der Waals surface area contributed by atoms with E-state index in [1.54, 1.807) is 30.2 Å². The SMILES string of the molecule is OB(O)c1ccccc1CSc1ncnc2ccccc12. The van der Waals surface area contributed by atoms with Gasteiger partial charge in [-0.2, -0.15) is 0 Å². The van der Waals surface area contributed by atoms with E-state index in [-0.39, 0.29) is 0 Å². The Balaban J connectivity index is 1.87. The first-order valence-corrected chi connectivity index (χ1v) is 7.51. The maximum atomic E-state index is 9.39. The fraction of sp³-hybridized carbons (Fsp3) is 0.0667. The van der Waals surface area contributed by atoms with E-state index in [4.69, 9.17) is 0 Å². The predicted molar refractivity (Wildman–Crippen MR) is 85.4 cm³/mol. The zero-order valence-corrected chi connectivity index (χ0v) is 12.0. The van der Waals surface area contributed by atoms with Crippen LogP contribution in [0.3, 0.4) is 0 Å². The molecule has 0 spiro atoms. The monoisotopic (exact) mass is 296 g/mol. The van der Waals surface area contributed by atoms with Crippen molar-refractivity contribution in [3.05, 3.63) is 60.4 Å². The minimum atomic E-state index is -1.45. The fourth-order valence-corrected chi connectivity index (χ4v) is 3.16. The number of hydrogen-bond acceptors (Lipinski definition) is 5. The fourth-order valence-electron chi connectivity index (χ4n) is 2.16. The molecule has 0 amide bonds. The van der Waals surface area contributed by atoms with Crippen LogP contribution >= 0.6 is 11.8 Å². The molecule has 0 aliphatic heterocycles. The normalized spacial score (nSPS) is 10.8. The molecule has 2 aromatic carbocycles. The van der Waals surface area contributed by atoms with E-state index in [2.05, 4.69) is 9.97 Å². The van der Waals surface area contributed by atoms with Crippen LogP contribution in [0.5, 0.6) is 0 Å². The Morgan fingerprint density at radius 1 is 0.952 bits per heavy atom. The van der Waals surface area contributed by atoms with E-state index in [0.29, 0.717) is 11.2 Å². The number of hydrogen-bond donors (Lipinski definition) is 2. The highest BCUT2D eigenvalue weighted by molar-refractivity contribution is 7.98. The van der Waals surface area contributed by atoms with Gasteiger partial charge in [-0.15, -0.1) is 11.8 Å². The number of para-hydroxylation sites is 1. The molecule has 0 atom stereocenters. The van der Waals surface area contributed by atoms with E-state index in [1.165, 1.54) is 0 Å². The van der Waals surface area contributed by atoms with Crippen LogP contribution in [0, 0.1) is 0 Å². The van der Waals surface area contributed by atoms with E-state index in [1.807, 2.05) is 36.4 Å². The molecule has 0 aliphatic rings. The Morgan fingerprint density at radius 3 is 2.57 bits per heavy atom. The van der Waals surface area contributed by atoms with Crippen LogP contribution in [0.15, 0.2) is 59.9 Å². The van der Waals surface area contributed by atoms with E-state index in [0.717, 1.165) is 21.5 Å². The van der Waals surface area contributed by atoms with Crippen molar-refractivity contribution in [3.8, 4) is 0 Å². The lowest BCUT2D eigenvalue weighted by Crippen LogP contribution is -2.32. The first kappa shape index (κ1) is 14.1. The van der Waals surface area contributed by atoms with Crippen LogP contribution in [-0.2, 0) is 5.75 Å². The van der Waals surface area contributed by atoms with Gasteiger partial charge in [0.05, 0.1) is 5.52 Å². The Bertz CT molecular complexity index is 762. The molecule has 6 heteroatoms. The van der Waals surface area contributed by atoms with Crippen molar-refractivity contribution in [2.45, 2.75) is 10.8 Å². The van der Waals surface area contributed by atoms with Crippen molar-refractivity contribution < 1.29 is 10.0 Å². The van der Waals surface area contributed by atoms with Crippen molar-refractivity contribution in [2.24, 2.45) is 0 Å². The second-order valence-electron chi connectivity index (χ2n) is 4.56. The van der Waals surface area contributed by atoms with E-state index < -0.39 is 7.12 Å². The maximum absolute atomic E-state index is 9.39. The third kappa shape index (κ3) is 3.07. The summed E-state index contributed by atoms with van der Waals surface area (Å²) >= 11 is 1.56. The summed E-state index contributed by atoms with van der Waals surface area (Å²) in [5, 5.41) is 20.7. The minimum absolute atomic E-state index is 0.531. The summed E-state index contributed by atoms with van der Waals surface area (Å²) in [7, 11) is -1.45. The summed E-state index contributed by atoms with van der Waals surface area (Å²) in [6, 6.07) is 15.1. The van der Waals surface area contributed by atoms with Gasteiger partial charge in [0.2, 0.25) is 0 Å². The van der Waals surface area contributed by atoms with Gasteiger partial charge in [-0.3, -0.25) is 0 Å². The van der Waals surface area contributed by atoms with Crippen molar-refractivity contribution in [3.63, 3.8) is 0 Å². The van der Waals surface area contributed by atoms with Gasteiger partial charge in [-0.05, 0) is 17.1 Å². The standard InChI is InChI=1S/C15H13BN2O2S/c19-16(20)13-7-3-1-5-11(13)9-21-15-12-6-2-4-8-14(12)17-10-18-15/h1-8,10,19-20H,9H2. The molecule has 0 aliphatic carbocycles. The smallest absolute Gasteiger partial charge is 0.423 e. The molecule has 0 unspecified atom stereocenters. The molecule has 104 valence electrons. The van der Waals surface area contributed by atoms with Crippen molar-refractivity contribution in [2.75, 3.05) is 0 Å². The minimum Gasteiger partial charge on any atom is -0.423 e. The highest BCUT2D eigenvalue weighted by Gasteiger charge is 2.15. The Kier molecular flexibility index (Phi) is 4.19. The third-order valence-corrected chi connectivity index (χ3v) is 4.26. The molecule has 0 fully saturated rings. The number of fused-ring (bicyclic) bond motifs is 1. The largest absolute Gasteiger partial charge is 0.488 e. The van der Waals surface area contributed by atoms with Crippen LogP contribution in [-0.4, -0.2) is 27.1 Å². The number of rotatable bonds is 4. The molecule has 0 saturated carbocycles.